The van der Waals surface area contributed by atoms with Gasteiger partial charge in [-0.3, -0.25) is 0 Å². The van der Waals surface area contributed by atoms with Gasteiger partial charge >= 0.3 is 6.11 Å². The van der Waals surface area contributed by atoms with Crippen LogP contribution in [0.2, 0.25) is 10.0 Å². The van der Waals surface area contributed by atoms with Gasteiger partial charge in [0.2, 0.25) is 0 Å². The molecule has 0 fully saturated rings. The fourth-order valence-electron chi connectivity index (χ4n) is 5.03. The summed E-state index contributed by atoms with van der Waals surface area (Å²) in [5.74, 6) is -8.72. The topological polar surface area (TPSA) is 9.23 Å². The first-order valence-electron chi connectivity index (χ1n) is 14.0. The first kappa shape index (κ1) is 34.0. The van der Waals surface area contributed by atoms with Crippen molar-refractivity contribution in [2.24, 2.45) is 0 Å². The Morgan fingerprint density at radius 1 is 0.596 bits per heavy atom. The van der Waals surface area contributed by atoms with Gasteiger partial charge in [-0.1, -0.05) is 65.7 Å². The molecule has 5 rings (SSSR count). The zero-order chi connectivity index (χ0) is 34.0. The minimum absolute atomic E-state index is 0.193. The van der Waals surface area contributed by atoms with Crippen LogP contribution in [0, 0.1) is 34.9 Å². The van der Waals surface area contributed by atoms with Crippen LogP contribution in [0.1, 0.15) is 24.5 Å². The molecule has 0 saturated heterocycles. The van der Waals surface area contributed by atoms with Gasteiger partial charge in [-0.2, -0.15) is 8.78 Å². The highest BCUT2D eigenvalue weighted by Gasteiger charge is 2.41. The number of hydrogen-bond donors (Lipinski definition) is 0. The molecule has 0 N–H and O–H groups in total. The number of alkyl halides is 2. The van der Waals surface area contributed by atoms with Crippen molar-refractivity contribution in [3.8, 4) is 39.1 Å². The molecule has 11 heteroatoms. The van der Waals surface area contributed by atoms with Crippen molar-refractivity contribution in [3.63, 3.8) is 0 Å². The first-order chi connectivity index (χ1) is 22.3. The summed E-state index contributed by atoms with van der Waals surface area (Å²) in [4.78, 5) is 0. The van der Waals surface area contributed by atoms with Crippen LogP contribution in [0.15, 0.2) is 91.0 Å². The van der Waals surface area contributed by atoms with E-state index in [4.69, 9.17) is 23.2 Å². The van der Waals surface area contributed by atoms with E-state index in [1.807, 2.05) is 31.2 Å². The Balaban J connectivity index is 1.41. The van der Waals surface area contributed by atoms with E-state index in [0.717, 1.165) is 54.8 Å². The summed E-state index contributed by atoms with van der Waals surface area (Å²) in [6, 6.07) is 14.0. The van der Waals surface area contributed by atoms with Crippen LogP contribution in [0.3, 0.4) is 0 Å². The molecule has 47 heavy (non-hydrogen) atoms. The molecule has 0 aliphatic carbocycles. The average molecular weight is 693 g/mol. The number of halogens is 10. The monoisotopic (exact) mass is 692 g/mol. The van der Waals surface area contributed by atoms with Gasteiger partial charge in [-0.05, 0) is 84.0 Å². The first-order valence-corrected chi connectivity index (χ1v) is 14.7. The molecule has 0 unspecified atom stereocenters. The van der Waals surface area contributed by atoms with Gasteiger partial charge in [0, 0.05) is 12.1 Å². The third kappa shape index (κ3) is 7.31. The zero-order valence-corrected chi connectivity index (χ0v) is 25.8. The third-order valence-electron chi connectivity index (χ3n) is 7.26. The summed E-state index contributed by atoms with van der Waals surface area (Å²) in [5, 5.41) is -1.28. The number of rotatable bonds is 9. The van der Waals surface area contributed by atoms with Gasteiger partial charge in [0.05, 0.1) is 21.2 Å². The fraction of sp³-hybridized carbons (Fsp3) is 0.111. The third-order valence-corrected chi connectivity index (χ3v) is 7.86. The van der Waals surface area contributed by atoms with Gasteiger partial charge in [-0.25, -0.2) is 26.3 Å². The highest BCUT2D eigenvalue weighted by Crippen LogP contribution is 2.42. The minimum atomic E-state index is -4.60. The van der Waals surface area contributed by atoms with E-state index in [9.17, 15) is 13.2 Å². The quantitative estimate of drug-likeness (QED) is 0.110. The van der Waals surface area contributed by atoms with E-state index in [0.29, 0.717) is 23.8 Å². The van der Waals surface area contributed by atoms with Gasteiger partial charge in [0.1, 0.15) is 46.2 Å². The fourth-order valence-corrected chi connectivity index (χ4v) is 5.46. The predicted molar refractivity (Wildman–Crippen MR) is 167 cm³/mol. The second-order valence-electron chi connectivity index (χ2n) is 10.4. The molecule has 242 valence electrons. The van der Waals surface area contributed by atoms with E-state index in [1.54, 1.807) is 12.1 Å². The van der Waals surface area contributed by atoms with Crippen molar-refractivity contribution in [3.05, 3.63) is 147 Å². The van der Waals surface area contributed by atoms with Crippen LogP contribution in [0.5, 0.6) is 5.75 Å². The second-order valence-corrected chi connectivity index (χ2v) is 11.3. The summed E-state index contributed by atoms with van der Waals surface area (Å²) in [5.41, 5.74) is -2.03. The Labute approximate surface area is 274 Å². The van der Waals surface area contributed by atoms with Crippen molar-refractivity contribution < 1.29 is 39.9 Å². The van der Waals surface area contributed by atoms with Crippen LogP contribution in [-0.2, 0) is 12.5 Å². The Bertz CT molecular complexity index is 1920. The summed E-state index contributed by atoms with van der Waals surface area (Å²) < 4.78 is 124. The lowest BCUT2D eigenvalue weighted by Crippen LogP contribution is -2.24. The van der Waals surface area contributed by atoms with E-state index in [1.165, 1.54) is 0 Å². The molecule has 0 aromatic heterocycles. The Morgan fingerprint density at radius 3 is 1.70 bits per heavy atom. The molecule has 5 aromatic carbocycles. The second kappa shape index (κ2) is 13.8. The standard InChI is InChI=1S/C36H22Cl2F8O/c1-2-3-4-5-19-6-8-20(9-7-19)22-14-28(40)34(29(41)15-22)23-12-26(38)35(32(44)16-23)36(45,46)47-24-17-30(42)33(31(43)18-24)21-10-11-25(37)27(39)13-21/h2-3,6-18H,4-5H2,1H3. The van der Waals surface area contributed by atoms with Crippen molar-refractivity contribution in [2.45, 2.75) is 25.9 Å². The molecule has 0 spiro atoms. The molecule has 0 atom stereocenters. The molecule has 0 bridgehead atoms. The molecule has 0 amide bonds. The Hall–Kier alpha value is -4.34. The van der Waals surface area contributed by atoms with Gasteiger partial charge < -0.3 is 4.74 Å². The molecular formula is C36H22Cl2F8O. The van der Waals surface area contributed by atoms with E-state index in [-0.39, 0.29) is 16.1 Å². The van der Waals surface area contributed by atoms with Crippen molar-refractivity contribution in [1.29, 1.82) is 0 Å². The van der Waals surface area contributed by atoms with Crippen LogP contribution in [-0.4, -0.2) is 0 Å². The summed E-state index contributed by atoms with van der Waals surface area (Å²) >= 11 is 11.6. The molecule has 0 radical (unpaired) electrons. The smallest absolute Gasteiger partial charge is 0.429 e. The molecule has 5 aromatic rings. The van der Waals surface area contributed by atoms with Gasteiger partial charge in [0.25, 0.3) is 0 Å². The van der Waals surface area contributed by atoms with Crippen molar-refractivity contribution >= 4 is 23.2 Å². The zero-order valence-electron chi connectivity index (χ0n) is 24.3. The molecule has 1 nitrogen and oxygen atoms in total. The number of benzene rings is 5. The van der Waals surface area contributed by atoms with Gasteiger partial charge in [-0.15, -0.1) is 0 Å². The maximum absolute atomic E-state index is 15.2. The molecule has 0 heterocycles. The van der Waals surface area contributed by atoms with Crippen LogP contribution < -0.4 is 4.74 Å². The largest absolute Gasteiger partial charge is 0.431 e. The van der Waals surface area contributed by atoms with Gasteiger partial charge in [0.15, 0.2) is 0 Å². The minimum Gasteiger partial charge on any atom is -0.429 e. The normalized spacial score (nSPS) is 11.8. The Kier molecular flexibility index (Phi) is 9.98. The lowest BCUT2D eigenvalue weighted by atomic mass is 9.97. The molecule has 0 aliphatic heterocycles. The Morgan fingerprint density at radius 2 is 1.13 bits per heavy atom. The van der Waals surface area contributed by atoms with E-state index < -0.39 is 74.0 Å². The van der Waals surface area contributed by atoms with E-state index >= 15 is 22.0 Å². The highest BCUT2D eigenvalue weighted by molar-refractivity contribution is 6.31. The van der Waals surface area contributed by atoms with Crippen molar-refractivity contribution in [1.82, 2.24) is 0 Å². The number of ether oxygens (including phenoxy) is 1. The summed E-state index contributed by atoms with van der Waals surface area (Å²) in [6.45, 7) is 1.92. The molecule has 0 aliphatic rings. The lowest BCUT2D eigenvalue weighted by Gasteiger charge is -2.21. The highest BCUT2D eigenvalue weighted by atomic mass is 35.5. The maximum Gasteiger partial charge on any atom is 0.431 e. The van der Waals surface area contributed by atoms with Crippen LogP contribution in [0.25, 0.3) is 33.4 Å². The van der Waals surface area contributed by atoms with Crippen LogP contribution >= 0.6 is 23.2 Å². The maximum atomic E-state index is 15.2. The number of hydrogen-bond acceptors (Lipinski definition) is 1. The summed E-state index contributed by atoms with van der Waals surface area (Å²) in [7, 11) is 0. The average Bonchev–Trinajstić information content (AvgIpc) is 2.98. The number of aryl methyl sites for hydroxylation is 1. The predicted octanol–water partition coefficient (Wildman–Crippen LogP) is 12.5. The van der Waals surface area contributed by atoms with Crippen molar-refractivity contribution in [2.75, 3.05) is 0 Å². The van der Waals surface area contributed by atoms with E-state index in [2.05, 4.69) is 4.74 Å². The SMILES string of the molecule is CC=CCCc1ccc(-c2cc(F)c(-c3cc(F)c(C(F)(F)Oc4cc(F)c(-c5ccc(Cl)c(F)c5)c(F)c4)c(Cl)c3)c(F)c2)cc1. The lowest BCUT2D eigenvalue weighted by molar-refractivity contribution is -0.187. The number of allylic oxidation sites excluding steroid dienone is 2. The molecule has 0 saturated carbocycles. The summed E-state index contributed by atoms with van der Waals surface area (Å²) in [6.07, 6.45) is 0.968. The molecular weight excluding hydrogens is 671 g/mol. The van der Waals surface area contributed by atoms with Crippen LogP contribution in [0.4, 0.5) is 35.1 Å².